The van der Waals surface area contributed by atoms with E-state index in [1.54, 1.807) is 7.11 Å². The van der Waals surface area contributed by atoms with Gasteiger partial charge in [-0.25, -0.2) is 0 Å². The van der Waals surface area contributed by atoms with Crippen LogP contribution in [-0.4, -0.2) is 26.8 Å². The third-order valence-electron chi connectivity index (χ3n) is 4.20. The fourth-order valence-electron chi connectivity index (χ4n) is 3.14. The van der Waals surface area contributed by atoms with Crippen LogP contribution >= 0.6 is 0 Å². The summed E-state index contributed by atoms with van der Waals surface area (Å²) in [6.07, 6.45) is 9.80. The van der Waals surface area contributed by atoms with E-state index in [2.05, 4.69) is 19.2 Å². The molecule has 1 aliphatic rings. The smallest absolute Gasteiger partial charge is 0.0462 e. The molecule has 2 unspecified atom stereocenters. The molecule has 0 bridgehead atoms. The normalized spacial score (nSPS) is 24.7. The number of methoxy groups -OCH3 is 1. The van der Waals surface area contributed by atoms with E-state index in [1.165, 1.54) is 58.0 Å². The fraction of sp³-hybridized carbons (Fsp3) is 1.00. The van der Waals surface area contributed by atoms with Crippen molar-refractivity contribution >= 4 is 0 Å². The number of unbranched alkanes of at least 4 members (excludes halogenated alkanes) is 1. The largest absolute Gasteiger partial charge is 0.385 e. The van der Waals surface area contributed by atoms with Crippen LogP contribution in [0, 0.1) is 17.8 Å². The van der Waals surface area contributed by atoms with Crippen LogP contribution in [0.5, 0.6) is 0 Å². The number of hydrogen-bond acceptors (Lipinski definition) is 2. The molecule has 0 amide bonds. The molecular weight excluding hydrogens is 222 g/mol. The van der Waals surface area contributed by atoms with Crippen LogP contribution < -0.4 is 5.32 Å². The second kappa shape index (κ2) is 9.80. The lowest BCUT2D eigenvalue weighted by atomic mass is 9.76. The predicted molar refractivity (Wildman–Crippen MR) is 78.9 cm³/mol. The number of nitrogens with one attached hydrogen (secondary N) is 1. The van der Waals surface area contributed by atoms with E-state index < -0.39 is 0 Å². The second-order valence-corrected chi connectivity index (χ2v) is 6.35. The molecule has 1 N–H and O–H groups in total. The molecule has 18 heavy (non-hydrogen) atoms. The van der Waals surface area contributed by atoms with Crippen molar-refractivity contribution in [3.05, 3.63) is 0 Å². The average molecular weight is 255 g/mol. The van der Waals surface area contributed by atoms with Gasteiger partial charge in [0.1, 0.15) is 0 Å². The molecule has 1 fully saturated rings. The number of hydrogen-bond donors (Lipinski definition) is 1. The van der Waals surface area contributed by atoms with Gasteiger partial charge in [-0.3, -0.25) is 0 Å². The van der Waals surface area contributed by atoms with Gasteiger partial charge in [0, 0.05) is 13.7 Å². The number of ether oxygens (including phenoxy) is 1. The van der Waals surface area contributed by atoms with Gasteiger partial charge in [-0.15, -0.1) is 0 Å². The van der Waals surface area contributed by atoms with Crippen LogP contribution in [0.25, 0.3) is 0 Å². The first kappa shape index (κ1) is 16.0. The Bertz CT molecular complexity index is 194. The highest BCUT2D eigenvalue weighted by Crippen LogP contribution is 2.33. The molecule has 1 rings (SSSR count). The Morgan fingerprint density at radius 3 is 2.50 bits per heavy atom. The van der Waals surface area contributed by atoms with Gasteiger partial charge in [0.25, 0.3) is 0 Å². The molecule has 0 aromatic heterocycles. The molecule has 0 aromatic rings. The van der Waals surface area contributed by atoms with Crippen molar-refractivity contribution < 1.29 is 4.74 Å². The van der Waals surface area contributed by atoms with Crippen molar-refractivity contribution in [2.24, 2.45) is 17.8 Å². The van der Waals surface area contributed by atoms with E-state index in [9.17, 15) is 0 Å². The van der Waals surface area contributed by atoms with Crippen molar-refractivity contribution in [1.82, 2.24) is 5.32 Å². The Balaban J connectivity index is 2.19. The quantitative estimate of drug-likeness (QED) is 0.632. The zero-order valence-corrected chi connectivity index (χ0v) is 12.7. The summed E-state index contributed by atoms with van der Waals surface area (Å²) in [4.78, 5) is 0. The summed E-state index contributed by atoms with van der Waals surface area (Å²) in [5.74, 6) is 2.67. The molecular formula is C16H33NO. The van der Waals surface area contributed by atoms with E-state index in [0.29, 0.717) is 0 Å². The Hall–Kier alpha value is -0.0800. The van der Waals surface area contributed by atoms with Crippen LogP contribution in [0.1, 0.15) is 58.8 Å². The molecule has 2 nitrogen and oxygen atoms in total. The summed E-state index contributed by atoms with van der Waals surface area (Å²) in [5.41, 5.74) is 0. The van der Waals surface area contributed by atoms with Gasteiger partial charge >= 0.3 is 0 Å². The summed E-state index contributed by atoms with van der Waals surface area (Å²) in [5, 5.41) is 3.66. The third kappa shape index (κ3) is 6.75. The minimum atomic E-state index is 0.772. The Morgan fingerprint density at radius 1 is 1.11 bits per heavy atom. The molecule has 2 heteroatoms. The van der Waals surface area contributed by atoms with Gasteiger partial charge in [0.15, 0.2) is 0 Å². The zero-order chi connectivity index (χ0) is 13.2. The molecule has 0 aromatic carbocycles. The maximum atomic E-state index is 5.14. The van der Waals surface area contributed by atoms with Gasteiger partial charge in [-0.1, -0.05) is 46.0 Å². The van der Waals surface area contributed by atoms with E-state index in [1.807, 2.05) is 0 Å². The van der Waals surface area contributed by atoms with E-state index >= 15 is 0 Å². The molecule has 0 heterocycles. The molecule has 2 atom stereocenters. The molecule has 0 spiro atoms. The van der Waals surface area contributed by atoms with Gasteiger partial charge in [0.05, 0.1) is 0 Å². The SMILES string of the molecule is COCCCCC1CCCCC1CNCC(C)C. The monoisotopic (exact) mass is 255 g/mol. The highest BCUT2D eigenvalue weighted by atomic mass is 16.5. The van der Waals surface area contributed by atoms with Crippen molar-refractivity contribution in [2.45, 2.75) is 58.8 Å². The summed E-state index contributed by atoms with van der Waals surface area (Å²) in [6, 6.07) is 0. The number of rotatable bonds is 9. The standard InChI is InChI=1S/C16H33NO/c1-14(2)12-17-13-16-10-5-4-8-15(16)9-6-7-11-18-3/h14-17H,4-13H2,1-3H3. The van der Waals surface area contributed by atoms with Crippen LogP contribution in [0.4, 0.5) is 0 Å². The van der Waals surface area contributed by atoms with E-state index in [4.69, 9.17) is 4.74 Å². The minimum Gasteiger partial charge on any atom is -0.385 e. The van der Waals surface area contributed by atoms with Crippen LogP contribution in [-0.2, 0) is 4.74 Å². The van der Waals surface area contributed by atoms with Gasteiger partial charge < -0.3 is 10.1 Å². The van der Waals surface area contributed by atoms with Gasteiger partial charge in [-0.2, -0.15) is 0 Å². The lowest BCUT2D eigenvalue weighted by molar-refractivity contribution is 0.176. The zero-order valence-electron chi connectivity index (χ0n) is 12.7. The van der Waals surface area contributed by atoms with Crippen molar-refractivity contribution in [2.75, 3.05) is 26.8 Å². The van der Waals surface area contributed by atoms with Crippen LogP contribution in [0.15, 0.2) is 0 Å². The Kier molecular flexibility index (Phi) is 8.70. The van der Waals surface area contributed by atoms with E-state index in [0.717, 1.165) is 24.4 Å². The summed E-state index contributed by atoms with van der Waals surface area (Å²) in [7, 11) is 1.80. The molecule has 1 aliphatic carbocycles. The Labute approximate surface area is 114 Å². The molecule has 0 aliphatic heterocycles. The van der Waals surface area contributed by atoms with Crippen molar-refractivity contribution in [1.29, 1.82) is 0 Å². The average Bonchev–Trinajstić information content (AvgIpc) is 2.36. The highest BCUT2D eigenvalue weighted by molar-refractivity contribution is 4.77. The first-order valence-electron chi connectivity index (χ1n) is 7.93. The molecule has 0 radical (unpaired) electrons. The highest BCUT2D eigenvalue weighted by Gasteiger charge is 2.24. The maximum absolute atomic E-state index is 5.14. The van der Waals surface area contributed by atoms with Gasteiger partial charge in [-0.05, 0) is 43.7 Å². The van der Waals surface area contributed by atoms with Crippen molar-refractivity contribution in [3.8, 4) is 0 Å². The van der Waals surface area contributed by atoms with E-state index in [-0.39, 0.29) is 0 Å². The molecule has 0 saturated heterocycles. The Morgan fingerprint density at radius 2 is 1.83 bits per heavy atom. The first-order chi connectivity index (χ1) is 8.74. The van der Waals surface area contributed by atoms with Gasteiger partial charge in [0.2, 0.25) is 0 Å². The summed E-state index contributed by atoms with van der Waals surface area (Å²) >= 11 is 0. The third-order valence-corrected chi connectivity index (χ3v) is 4.20. The summed E-state index contributed by atoms with van der Waals surface area (Å²) in [6.45, 7) is 7.93. The predicted octanol–water partition coefficient (Wildman–Crippen LogP) is 3.86. The second-order valence-electron chi connectivity index (χ2n) is 6.35. The fourth-order valence-corrected chi connectivity index (χ4v) is 3.14. The maximum Gasteiger partial charge on any atom is 0.0462 e. The topological polar surface area (TPSA) is 21.3 Å². The first-order valence-corrected chi connectivity index (χ1v) is 7.93. The molecule has 1 saturated carbocycles. The van der Waals surface area contributed by atoms with Crippen LogP contribution in [0.2, 0.25) is 0 Å². The minimum absolute atomic E-state index is 0.772. The lowest BCUT2D eigenvalue weighted by Crippen LogP contribution is -2.32. The summed E-state index contributed by atoms with van der Waals surface area (Å²) < 4.78 is 5.14. The van der Waals surface area contributed by atoms with Crippen molar-refractivity contribution in [3.63, 3.8) is 0 Å². The molecule has 108 valence electrons. The van der Waals surface area contributed by atoms with Crippen LogP contribution in [0.3, 0.4) is 0 Å². The lowest BCUT2D eigenvalue weighted by Gasteiger charge is -2.32.